The number of carbonyl (C=O) groups excluding carboxylic acids is 1. The second kappa shape index (κ2) is 9.11. The van der Waals surface area contributed by atoms with Crippen molar-refractivity contribution in [1.29, 1.82) is 0 Å². The Balaban J connectivity index is 1.74. The van der Waals surface area contributed by atoms with E-state index in [1.165, 1.54) is 5.56 Å². The van der Waals surface area contributed by atoms with Crippen molar-refractivity contribution in [3.8, 4) is 5.75 Å². The number of ether oxygens (including phenoxy) is 1. The van der Waals surface area contributed by atoms with Crippen LogP contribution in [0.2, 0.25) is 0 Å². The van der Waals surface area contributed by atoms with Crippen LogP contribution in [0.4, 0.5) is 5.69 Å². The van der Waals surface area contributed by atoms with Crippen LogP contribution >= 0.6 is 15.9 Å². The average molecular weight is 518 g/mol. The Kier molecular flexibility index (Phi) is 6.00. The monoisotopic (exact) mass is 517 g/mol. The fourth-order valence-electron chi connectivity index (χ4n) is 4.41. The van der Waals surface area contributed by atoms with Crippen molar-refractivity contribution in [2.24, 2.45) is 0 Å². The number of amides is 1. The van der Waals surface area contributed by atoms with E-state index < -0.39 is 6.04 Å². The second-order valence-electron chi connectivity index (χ2n) is 8.33. The number of anilines is 1. The Morgan fingerprint density at radius 1 is 1.00 bits per heavy atom. The van der Waals surface area contributed by atoms with Gasteiger partial charge in [-0.15, -0.1) is 0 Å². The lowest BCUT2D eigenvalue weighted by molar-refractivity contribution is 0.0971. The lowest BCUT2D eigenvalue weighted by Crippen LogP contribution is -2.29. The summed E-state index contributed by atoms with van der Waals surface area (Å²) in [4.78, 5) is 29.1. The SMILES string of the molecule is CCCOc1cccc(C2c3c(oc4ccc(Br)cc4c3=O)C(=O)N2c2ccc(CC)cc2)c1. The van der Waals surface area contributed by atoms with Crippen LogP contribution in [0.25, 0.3) is 11.0 Å². The van der Waals surface area contributed by atoms with Gasteiger partial charge in [0.2, 0.25) is 5.76 Å². The van der Waals surface area contributed by atoms with Gasteiger partial charge in [-0.05, 0) is 66.4 Å². The quantitative estimate of drug-likeness (QED) is 0.287. The van der Waals surface area contributed by atoms with Crippen molar-refractivity contribution in [3.63, 3.8) is 0 Å². The van der Waals surface area contributed by atoms with Gasteiger partial charge in [-0.1, -0.05) is 54.0 Å². The number of carbonyl (C=O) groups is 1. The number of fused-ring (bicyclic) bond motifs is 2. The largest absolute Gasteiger partial charge is 0.494 e. The smallest absolute Gasteiger partial charge is 0.295 e. The van der Waals surface area contributed by atoms with E-state index in [-0.39, 0.29) is 17.1 Å². The van der Waals surface area contributed by atoms with Gasteiger partial charge in [-0.3, -0.25) is 14.5 Å². The van der Waals surface area contributed by atoms with Crippen molar-refractivity contribution in [2.45, 2.75) is 32.7 Å². The predicted molar refractivity (Wildman–Crippen MR) is 137 cm³/mol. The number of aryl methyl sites for hydroxylation is 1. The molecule has 34 heavy (non-hydrogen) atoms. The first kappa shape index (κ1) is 22.4. The molecule has 1 aliphatic heterocycles. The molecule has 0 bridgehead atoms. The summed E-state index contributed by atoms with van der Waals surface area (Å²) in [6, 6.07) is 20.1. The molecular weight excluding hydrogens is 494 g/mol. The van der Waals surface area contributed by atoms with Crippen molar-refractivity contribution < 1.29 is 13.9 Å². The van der Waals surface area contributed by atoms with Crippen LogP contribution in [0.3, 0.4) is 0 Å². The van der Waals surface area contributed by atoms with E-state index in [0.29, 0.717) is 34.6 Å². The molecule has 6 heteroatoms. The van der Waals surface area contributed by atoms with Gasteiger partial charge in [-0.2, -0.15) is 0 Å². The minimum atomic E-state index is -0.625. The zero-order chi connectivity index (χ0) is 23.8. The molecule has 3 aromatic carbocycles. The third kappa shape index (κ3) is 3.82. The maximum atomic E-state index is 13.7. The molecule has 5 rings (SSSR count). The van der Waals surface area contributed by atoms with Crippen LogP contribution in [-0.2, 0) is 6.42 Å². The van der Waals surface area contributed by atoms with Gasteiger partial charge in [0.1, 0.15) is 11.3 Å². The molecule has 1 amide bonds. The lowest BCUT2D eigenvalue weighted by atomic mass is 9.98. The maximum Gasteiger partial charge on any atom is 0.295 e. The molecule has 1 aliphatic rings. The van der Waals surface area contributed by atoms with E-state index in [2.05, 4.69) is 22.9 Å². The number of hydrogen-bond donors (Lipinski definition) is 0. The third-order valence-electron chi connectivity index (χ3n) is 6.10. The number of halogens is 1. The van der Waals surface area contributed by atoms with E-state index >= 15 is 0 Å². The van der Waals surface area contributed by atoms with Crippen LogP contribution in [0.15, 0.2) is 80.4 Å². The fraction of sp³-hybridized carbons (Fsp3) is 0.214. The summed E-state index contributed by atoms with van der Waals surface area (Å²) in [7, 11) is 0. The normalized spacial score (nSPS) is 15.1. The van der Waals surface area contributed by atoms with Crippen molar-refractivity contribution >= 4 is 38.5 Å². The molecule has 0 spiro atoms. The van der Waals surface area contributed by atoms with E-state index in [9.17, 15) is 9.59 Å². The van der Waals surface area contributed by atoms with Gasteiger partial charge < -0.3 is 9.15 Å². The Hall–Kier alpha value is -3.38. The molecule has 0 fully saturated rings. The summed E-state index contributed by atoms with van der Waals surface area (Å²) in [5.74, 6) is 0.463. The van der Waals surface area contributed by atoms with E-state index in [1.54, 1.807) is 23.1 Å². The van der Waals surface area contributed by atoms with Gasteiger partial charge in [0.25, 0.3) is 5.91 Å². The third-order valence-corrected chi connectivity index (χ3v) is 6.59. The van der Waals surface area contributed by atoms with Crippen molar-refractivity contribution in [3.05, 3.63) is 104 Å². The molecule has 1 atom stereocenters. The highest BCUT2D eigenvalue weighted by Crippen LogP contribution is 2.42. The summed E-state index contributed by atoms with van der Waals surface area (Å²) >= 11 is 3.44. The first-order chi connectivity index (χ1) is 16.5. The molecule has 5 nitrogen and oxygen atoms in total. The molecule has 0 aliphatic carbocycles. The Morgan fingerprint density at radius 2 is 1.79 bits per heavy atom. The van der Waals surface area contributed by atoms with Gasteiger partial charge in [0.15, 0.2) is 5.43 Å². The van der Waals surface area contributed by atoms with Crippen LogP contribution in [-0.4, -0.2) is 12.5 Å². The van der Waals surface area contributed by atoms with Gasteiger partial charge in [0.05, 0.1) is 23.6 Å². The summed E-state index contributed by atoms with van der Waals surface area (Å²) in [5.41, 5.74) is 3.21. The Bertz CT molecular complexity index is 1440. The molecule has 1 unspecified atom stereocenters. The first-order valence-electron chi connectivity index (χ1n) is 11.4. The first-order valence-corrected chi connectivity index (χ1v) is 12.2. The predicted octanol–water partition coefficient (Wildman–Crippen LogP) is 6.66. The van der Waals surface area contributed by atoms with Gasteiger partial charge in [0, 0.05) is 10.2 Å². The van der Waals surface area contributed by atoms with E-state index in [1.807, 2.05) is 55.5 Å². The highest BCUT2D eigenvalue weighted by molar-refractivity contribution is 9.10. The molecule has 0 saturated carbocycles. The van der Waals surface area contributed by atoms with Crippen LogP contribution in [0, 0.1) is 0 Å². The van der Waals surface area contributed by atoms with Crippen LogP contribution in [0.5, 0.6) is 5.75 Å². The Labute approximate surface area is 206 Å². The molecule has 0 N–H and O–H groups in total. The number of benzene rings is 3. The molecule has 0 radical (unpaired) electrons. The molecule has 2 heterocycles. The van der Waals surface area contributed by atoms with E-state index in [4.69, 9.17) is 9.15 Å². The topological polar surface area (TPSA) is 59.8 Å². The second-order valence-corrected chi connectivity index (χ2v) is 9.25. The number of nitrogens with zero attached hydrogens (tertiary/aromatic N) is 1. The lowest BCUT2D eigenvalue weighted by Gasteiger charge is -2.25. The van der Waals surface area contributed by atoms with Crippen molar-refractivity contribution in [1.82, 2.24) is 0 Å². The van der Waals surface area contributed by atoms with Crippen molar-refractivity contribution in [2.75, 3.05) is 11.5 Å². The summed E-state index contributed by atoms with van der Waals surface area (Å²) in [6.45, 7) is 4.72. The molecular formula is C28H24BrNO4. The molecule has 1 aromatic heterocycles. The number of hydrogen-bond acceptors (Lipinski definition) is 4. The van der Waals surface area contributed by atoms with E-state index in [0.717, 1.165) is 22.9 Å². The zero-order valence-corrected chi connectivity index (χ0v) is 20.6. The summed E-state index contributed by atoms with van der Waals surface area (Å²) < 4.78 is 12.7. The maximum absolute atomic E-state index is 13.7. The molecule has 4 aromatic rings. The number of rotatable bonds is 6. The Morgan fingerprint density at radius 3 is 2.53 bits per heavy atom. The standard InChI is InChI=1S/C28H24BrNO4/c1-3-14-33-21-7-5-6-18(15-21)25-24-26(31)22-16-19(29)10-13-23(22)34-27(24)28(32)30(25)20-11-8-17(4-2)9-12-20/h5-13,15-16,25H,3-4,14H2,1-2H3. The molecule has 172 valence electrons. The minimum absolute atomic E-state index is 0.0873. The zero-order valence-electron chi connectivity index (χ0n) is 19.0. The van der Waals surface area contributed by atoms with Crippen LogP contribution < -0.4 is 15.1 Å². The fourth-order valence-corrected chi connectivity index (χ4v) is 4.77. The highest BCUT2D eigenvalue weighted by atomic mass is 79.9. The summed E-state index contributed by atoms with van der Waals surface area (Å²) in [5, 5.41) is 0.437. The average Bonchev–Trinajstić information content (AvgIpc) is 3.16. The summed E-state index contributed by atoms with van der Waals surface area (Å²) in [6.07, 6.45) is 1.78. The highest BCUT2D eigenvalue weighted by Gasteiger charge is 2.43. The minimum Gasteiger partial charge on any atom is -0.494 e. The van der Waals surface area contributed by atoms with Gasteiger partial charge in [-0.25, -0.2) is 0 Å². The molecule has 0 saturated heterocycles. The van der Waals surface area contributed by atoms with Gasteiger partial charge >= 0.3 is 0 Å². The van der Waals surface area contributed by atoms with Crippen LogP contribution in [0.1, 0.15) is 53.6 Å².